The molecule has 1 heterocycles. The number of likely N-dealkylation sites (tertiary alicyclic amines) is 1. The third-order valence-corrected chi connectivity index (χ3v) is 4.75. The SMILES string of the molecule is CC(C(=O)Nc1ccc(C(C)(C)C)cc1)N1CCCC(C(=O)O)C1. The zero-order valence-corrected chi connectivity index (χ0v) is 15.0. The maximum atomic E-state index is 12.5. The van der Waals surface area contributed by atoms with Gasteiger partial charge in [0.1, 0.15) is 0 Å². The van der Waals surface area contributed by atoms with Crippen molar-refractivity contribution in [3.05, 3.63) is 29.8 Å². The molecule has 2 rings (SSSR count). The summed E-state index contributed by atoms with van der Waals surface area (Å²) < 4.78 is 0. The van der Waals surface area contributed by atoms with Crippen molar-refractivity contribution in [1.29, 1.82) is 0 Å². The first-order valence-electron chi connectivity index (χ1n) is 8.57. The lowest BCUT2D eigenvalue weighted by atomic mass is 9.87. The van der Waals surface area contributed by atoms with Crippen molar-refractivity contribution in [3.8, 4) is 0 Å². The number of amides is 1. The van der Waals surface area contributed by atoms with Gasteiger partial charge in [0, 0.05) is 12.2 Å². The molecule has 0 saturated carbocycles. The largest absolute Gasteiger partial charge is 0.481 e. The minimum Gasteiger partial charge on any atom is -0.481 e. The van der Waals surface area contributed by atoms with Gasteiger partial charge in [-0.05, 0) is 49.4 Å². The average molecular weight is 332 g/mol. The predicted molar refractivity (Wildman–Crippen MR) is 95.2 cm³/mol. The maximum Gasteiger partial charge on any atom is 0.307 e. The summed E-state index contributed by atoms with van der Waals surface area (Å²) >= 11 is 0. The third kappa shape index (κ3) is 4.57. The number of benzene rings is 1. The molecule has 1 saturated heterocycles. The van der Waals surface area contributed by atoms with E-state index in [0.29, 0.717) is 13.0 Å². The first-order chi connectivity index (χ1) is 11.2. The van der Waals surface area contributed by atoms with Crippen LogP contribution in [0.15, 0.2) is 24.3 Å². The number of carboxylic acids is 1. The standard InChI is InChI=1S/C19H28N2O3/c1-13(21-11-5-6-14(12-21)18(23)24)17(22)20-16-9-7-15(8-10-16)19(2,3)4/h7-10,13-14H,5-6,11-12H2,1-4H3,(H,20,22)(H,23,24). The Morgan fingerprint density at radius 3 is 2.42 bits per heavy atom. The van der Waals surface area contributed by atoms with Crippen molar-refractivity contribution >= 4 is 17.6 Å². The second-order valence-corrected chi connectivity index (χ2v) is 7.66. The van der Waals surface area contributed by atoms with Gasteiger partial charge in [0.25, 0.3) is 0 Å². The van der Waals surface area contributed by atoms with Crippen LogP contribution in [0.5, 0.6) is 0 Å². The van der Waals surface area contributed by atoms with Crippen molar-refractivity contribution < 1.29 is 14.7 Å². The summed E-state index contributed by atoms with van der Waals surface area (Å²) in [5, 5.41) is 12.1. The van der Waals surface area contributed by atoms with Crippen LogP contribution in [0.1, 0.15) is 46.1 Å². The van der Waals surface area contributed by atoms with Crippen LogP contribution in [0.25, 0.3) is 0 Å². The van der Waals surface area contributed by atoms with Gasteiger partial charge in [0.15, 0.2) is 0 Å². The molecule has 2 unspecified atom stereocenters. The van der Waals surface area contributed by atoms with Crippen molar-refractivity contribution in [2.24, 2.45) is 5.92 Å². The minimum absolute atomic E-state index is 0.0788. The molecule has 1 aromatic carbocycles. The zero-order valence-electron chi connectivity index (χ0n) is 15.0. The second kappa shape index (κ2) is 7.34. The molecular weight excluding hydrogens is 304 g/mol. The molecule has 2 N–H and O–H groups in total. The van der Waals surface area contributed by atoms with E-state index in [1.54, 1.807) is 0 Å². The molecule has 1 fully saturated rings. The highest BCUT2D eigenvalue weighted by Crippen LogP contribution is 2.24. The van der Waals surface area contributed by atoms with Crippen LogP contribution < -0.4 is 5.32 Å². The monoisotopic (exact) mass is 332 g/mol. The Hall–Kier alpha value is -1.88. The van der Waals surface area contributed by atoms with Gasteiger partial charge in [0.2, 0.25) is 5.91 Å². The lowest BCUT2D eigenvalue weighted by Crippen LogP contribution is -2.48. The first-order valence-corrected chi connectivity index (χ1v) is 8.57. The Bertz CT molecular complexity index is 590. The molecular formula is C19H28N2O3. The molecule has 132 valence electrons. The van der Waals surface area contributed by atoms with Gasteiger partial charge in [-0.1, -0.05) is 32.9 Å². The number of aliphatic carboxylic acids is 1. The summed E-state index contributed by atoms with van der Waals surface area (Å²) in [7, 11) is 0. The van der Waals surface area contributed by atoms with E-state index in [9.17, 15) is 14.7 Å². The van der Waals surface area contributed by atoms with Crippen molar-refractivity contribution in [1.82, 2.24) is 4.90 Å². The predicted octanol–water partition coefficient (Wildman–Crippen LogP) is 3.11. The van der Waals surface area contributed by atoms with Gasteiger partial charge in [-0.15, -0.1) is 0 Å². The summed E-state index contributed by atoms with van der Waals surface area (Å²) in [6, 6.07) is 7.56. The topological polar surface area (TPSA) is 69.6 Å². The molecule has 0 aromatic heterocycles. The Balaban J connectivity index is 1.97. The normalized spacial score (nSPS) is 20.4. The highest BCUT2D eigenvalue weighted by Gasteiger charge is 2.30. The van der Waals surface area contributed by atoms with E-state index in [0.717, 1.165) is 18.7 Å². The van der Waals surface area contributed by atoms with E-state index < -0.39 is 5.97 Å². The lowest BCUT2D eigenvalue weighted by Gasteiger charge is -2.34. The van der Waals surface area contributed by atoms with Crippen LogP contribution in [-0.2, 0) is 15.0 Å². The van der Waals surface area contributed by atoms with E-state index in [2.05, 4.69) is 26.1 Å². The second-order valence-electron chi connectivity index (χ2n) is 7.66. The van der Waals surface area contributed by atoms with E-state index in [1.807, 2.05) is 36.1 Å². The number of rotatable bonds is 4. The number of nitrogens with zero attached hydrogens (tertiary/aromatic N) is 1. The fraction of sp³-hybridized carbons (Fsp3) is 0.579. The van der Waals surface area contributed by atoms with Crippen LogP contribution in [0.3, 0.4) is 0 Å². The van der Waals surface area contributed by atoms with E-state index in [1.165, 1.54) is 5.56 Å². The highest BCUT2D eigenvalue weighted by atomic mass is 16.4. The van der Waals surface area contributed by atoms with Crippen LogP contribution in [0.4, 0.5) is 5.69 Å². The molecule has 5 nitrogen and oxygen atoms in total. The van der Waals surface area contributed by atoms with Gasteiger partial charge >= 0.3 is 5.97 Å². The van der Waals surface area contributed by atoms with Gasteiger partial charge in [-0.25, -0.2) is 0 Å². The number of hydrogen-bond acceptors (Lipinski definition) is 3. The Labute approximate surface area is 144 Å². The highest BCUT2D eigenvalue weighted by molar-refractivity contribution is 5.94. The molecule has 24 heavy (non-hydrogen) atoms. The number of carbonyl (C=O) groups excluding carboxylic acids is 1. The average Bonchev–Trinajstić information content (AvgIpc) is 2.53. The van der Waals surface area contributed by atoms with E-state index >= 15 is 0 Å². The van der Waals surface area contributed by atoms with E-state index in [4.69, 9.17) is 0 Å². The minimum atomic E-state index is -0.773. The number of nitrogens with one attached hydrogen (secondary N) is 1. The molecule has 1 aromatic rings. The summed E-state index contributed by atoms with van der Waals surface area (Å²) in [6.07, 6.45) is 1.50. The molecule has 0 aliphatic carbocycles. The summed E-state index contributed by atoms with van der Waals surface area (Å²) in [5.74, 6) is -1.24. The zero-order chi connectivity index (χ0) is 17.9. The summed E-state index contributed by atoms with van der Waals surface area (Å²) in [6.45, 7) is 9.49. The van der Waals surface area contributed by atoms with Crippen LogP contribution in [0, 0.1) is 5.92 Å². The van der Waals surface area contributed by atoms with Crippen molar-refractivity contribution in [3.63, 3.8) is 0 Å². The molecule has 1 aliphatic rings. The number of carboxylic acid groups (broad SMARTS) is 1. The number of hydrogen-bond donors (Lipinski definition) is 2. The first kappa shape index (κ1) is 18.5. The van der Waals surface area contributed by atoms with E-state index in [-0.39, 0.29) is 23.3 Å². The molecule has 5 heteroatoms. The molecule has 1 aliphatic heterocycles. The maximum absolute atomic E-state index is 12.5. The van der Waals surface area contributed by atoms with Gasteiger partial charge in [-0.3, -0.25) is 14.5 Å². The lowest BCUT2D eigenvalue weighted by molar-refractivity contribution is -0.144. The number of carbonyl (C=O) groups is 2. The fourth-order valence-corrected chi connectivity index (χ4v) is 3.03. The van der Waals surface area contributed by atoms with Crippen molar-refractivity contribution in [2.45, 2.75) is 52.0 Å². The Morgan fingerprint density at radius 2 is 1.88 bits per heavy atom. The van der Waals surface area contributed by atoms with Crippen LogP contribution >= 0.6 is 0 Å². The van der Waals surface area contributed by atoms with Crippen molar-refractivity contribution in [2.75, 3.05) is 18.4 Å². The molecule has 1 amide bonds. The Kier molecular flexibility index (Phi) is 5.65. The quantitative estimate of drug-likeness (QED) is 0.889. The number of piperidine rings is 1. The summed E-state index contributed by atoms with van der Waals surface area (Å²) in [4.78, 5) is 25.6. The smallest absolute Gasteiger partial charge is 0.307 e. The summed E-state index contributed by atoms with van der Waals surface area (Å²) in [5.41, 5.74) is 2.07. The molecule has 2 atom stereocenters. The van der Waals surface area contributed by atoms with Crippen LogP contribution in [0.2, 0.25) is 0 Å². The third-order valence-electron chi connectivity index (χ3n) is 4.75. The fourth-order valence-electron chi connectivity index (χ4n) is 3.03. The molecule has 0 radical (unpaired) electrons. The Morgan fingerprint density at radius 1 is 1.25 bits per heavy atom. The molecule has 0 bridgehead atoms. The van der Waals surface area contributed by atoms with Gasteiger partial charge in [-0.2, -0.15) is 0 Å². The van der Waals surface area contributed by atoms with Gasteiger partial charge in [0.05, 0.1) is 12.0 Å². The molecule has 0 spiro atoms. The van der Waals surface area contributed by atoms with Crippen LogP contribution in [-0.4, -0.2) is 41.0 Å². The van der Waals surface area contributed by atoms with Gasteiger partial charge < -0.3 is 10.4 Å². The number of anilines is 1.